The highest BCUT2D eigenvalue weighted by Gasteiger charge is 2.28. The lowest BCUT2D eigenvalue weighted by Gasteiger charge is -2.33. The van der Waals surface area contributed by atoms with Crippen molar-refractivity contribution in [2.45, 2.75) is 31.7 Å². The van der Waals surface area contributed by atoms with E-state index < -0.39 is 0 Å². The lowest BCUT2D eigenvalue weighted by atomic mass is 9.87. The molecular formula is C20H22N4O2. The summed E-state index contributed by atoms with van der Waals surface area (Å²) < 4.78 is 1.61. The van der Waals surface area contributed by atoms with Crippen LogP contribution in [0.5, 0.6) is 0 Å². The third-order valence-electron chi connectivity index (χ3n) is 5.17. The summed E-state index contributed by atoms with van der Waals surface area (Å²) in [6.45, 7) is 0.0596. The van der Waals surface area contributed by atoms with Crippen LogP contribution >= 0.6 is 0 Å². The number of amides is 1. The quantitative estimate of drug-likeness (QED) is 0.784. The standard InChI is InChI=1S/C20H22N4O2/c1-23(18-8-4-6-15-5-2-3-7-16(15)18)20(26)17-12-22-24-13-14(9-10-25)11-21-19(17)24/h2-3,5,7,11-13,18,25H,4,6,8-10H2,1H3/t18-/m0/s1. The number of benzene rings is 1. The summed E-state index contributed by atoms with van der Waals surface area (Å²) in [5, 5.41) is 13.3. The first-order valence-electron chi connectivity index (χ1n) is 8.97. The molecule has 0 fully saturated rings. The van der Waals surface area contributed by atoms with Crippen molar-refractivity contribution in [3.05, 3.63) is 65.1 Å². The van der Waals surface area contributed by atoms with Crippen molar-refractivity contribution in [2.75, 3.05) is 13.7 Å². The molecule has 0 radical (unpaired) electrons. The molecule has 26 heavy (non-hydrogen) atoms. The largest absolute Gasteiger partial charge is 0.396 e. The van der Waals surface area contributed by atoms with Gasteiger partial charge in [0.15, 0.2) is 5.65 Å². The molecular weight excluding hydrogens is 328 g/mol. The second-order valence-corrected chi connectivity index (χ2v) is 6.79. The van der Waals surface area contributed by atoms with E-state index in [4.69, 9.17) is 5.11 Å². The Morgan fingerprint density at radius 3 is 3.04 bits per heavy atom. The van der Waals surface area contributed by atoms with Crippen LogP contribution in [0.4, 0.5) is 0 Å². The third kappa shape index (κ3) is 2.86. The van der Waals surface area contributed by atoms with Crippen molar-refractivity contribution in [3.8, 4) is 0 Å². The molecule has 134 valence electrons. The van der Waals surface area contributed by atoms with E-state index >= 15 is 0 Å². The van der Waals surface area contributed by atoms with Gasteiger partial charge in [-0.2, -0.15) is 5.10 Å². The molecule has 6 heteroatoms. The van der Waals surface area contributed by atoms with Gasteiger partial charge >= 0.3 is 0 Å². The first-order valence-corrected chi connectivity index (χ1v) is 8.97. The molecule has 1 aromatic carbocycles. The highest BCUT2D eigenvalue weighted by Crippen LogP contribution is 2.34. The molecule has 0 bridgehead atoms. The summed E-state index contributed by atoms with van der Waals surface area (Å²) in [7, 11) is 1.86. The van der Waals surface area contributed by atoms with E-state index in [1.807, 2.05) is 24.2 Å². The highest BCUT2D eigenvalue weighted by atomic mass is 16.3. The Hall–Kier alpha value is -2.73. The van der Waals surface area contributed by atoms with E-state index in [1.54, 1.807) is 16.9 Å². The molecule has 0 saturated carbocycles. The van der Waals surface area contributed by atoms with Crippen LogP contribution in [0.25, 0.3) is 5.65 Å². The van der Waals surface area contributed by atoms with Crippen molar-refractivity contribution in [1.82, 2.24) is 19.5 Å². The fourth-order valence-electron chi connectivity index (χ4n) is 3.78. The topological polar surface area (TPSA) is 70.7 Å². The number of aliphatic hydroxyl groups is 1. The van der Waals surface area contributed by atoms with Gasteiger partial charge in [-0.1, -0.05) is 24.3 Å². The number of hydrogen-bond acceptors (Lipinski definition) is 4. The summed E-state index contributed by atoms with van der Waals surface area (Å²) in [5.74, 6) is -0.0656. The average molecular weight is 350 g/mol. The van der Waals surface area contributed by atoms with Gasteiger partial charge in [-0.3, -0.25) is 4.79 Å². The van der Waals surface area contributed by atoms with E-state index in [9.17, 15) is 4.79 Å². The maximum atomic E-state index is 13.1. The van der Waals surface area contributed by atoms with Gasteiger partial charge in [0, 0.05) is 26.0 Å². The van der Waals surface area contributed by atoms with Crippen molar-refractivity contribution < 1.29 is 9.90 Å². The molecule has 2 aromatic heterocycles. The predicted molar refractivity (Wildman–Crippen MR) is 98.0 cm³/mol. The minimum Gasteiger partial charge on any atom is -0.396 e. The molecule has 6 nitrogen and oxygen atoms in total. The van der Waals surface area contributed by atoms with Crippen LogP contribution in [-0.2, 0) is 12.8 Å². The fraction of sp³-hybridized carbons (Fsp3) is 0.350. The van der Waals surface area contributed by atoms with Crippen LogP contribution in [0.3, 0.4) is 0 Å². The Morgan fingerprint density at radius 1 is 1.35 bits per heavy atom. The molecule has 0 saturated heterocycles. The van der Waals surface area contributed by atoms with Gasteiger partial charge < -0.3 is 10.0 Å². The minimum atomic E-state index is -0.0656. The van der Waals surface area contributed by atoms with E-state index in [1.165, 1.54) is 11.1 Å². The van der Waals surface area contributed by atoms with Crippen molar-refractivity contribution in [3.63, 3.8) is 0 Å². The molecule has 2 heterocycles. The van der Waals surface area contributed by atoms with Gasteiger partial charge in [0.1, 0.15) is 5.56 Å². The lowest BCUT2D eigenvalue weighted by Crippen LogP contribution is -2.33. The van der Waals surface area contributed by atoms with Gasteiger partial charge in [-0.25, -0.2) is 9.50 Å². The molecule has 1 aliphatic carbocycles. The first kappa shape index (κ1) is 16.7. The van der Waals surface area contributed by atoms with E-state index in [-0.39, 0.29) is 18.6 Å². The zero-order valence-corrected chi connectivity index (χ0v) is 14.8. The number of carbonyl (C=O) groups excluding carboxylic acids is 1. The number of aryl methyl sites for hydroxylation is 1. The minimum absolute atomic E-state index is 0.0596. The van der Waals surface area contributed by atoms with Crippen molar-refractivity contribution in [2.24, 2.45) is 0 Å². The number of nitrogens with zero attached hydrogens (tertiary/aromatic N) is 4. The molecule has 3 aromatic rings. The number of rotatable bonds is 4. The monoisotopic (exact) mass is 350 g/mol. The number of hydrogen-bond donors (Lipinski definition) is 1. The van der Waals surface area contributed by atoms with Crippen molar-refractivity contribution >= 4 is 11.6 Å². The summed E-state index contributed by atoms with van der Waals surface area (Å²) in [6.07, 6.45) is 8.72. The van der Waals surface area contributed by atoms with Gasteiger partial charge in [0.2, 0.25) is 0 Å². The Kier molecular flexibility index (Phi) is 4.42. The summed E-state index contributed by atoms with van der Waals surface area (Å²) in [4.78, 5) is 19.3. The molecule has 0 unspecified atom stereocenters. The third-order valence-corrected chi connectivity index (χ3v) is 5.17. The SMILES string of the molecule is CN(C(=O)c1cnn2cc(CCO)cnc12)[C@H]1CCCc2ccccc21. The smallest absolute Gasteiger partial charge is 0.259 e. The van der Waals surface area contributed by atoms with E-state index in [0.29, 0.717) is 17.6 Å². The van der Waals surface area contributed by atoms with Crippen LogP contribution in [0.1, 0.15) is 45.9 Å². The Balaban J connectivity index is 1.65. The molecule has 4 rings (SSSR count). The van der Waals surface area contributed by atoms with Crippen molar-refractivity contribution in [1.29, 1.82) is 0 Å². The van der Waals surface area contributed by atoms with Gasteiger partial charge in [0.05, 0.1) is 12.2 Å². The zero-order valence-electron chi connectivity index (χ0n) is 14.8. The number of aromatic nitrogens is 3. The Labute approximate surface area is 152 Å². The number of carbonyl (C=O) groups is 1. The average Bonchev–Trinajstić information content (AvgIpc) is 3.10. The van der Waals surface area contributed by atoms with Gasteiger partial charge in [-0.05, 0) is 42.4 Å². The maximum Gasteiger partial charge on any atom is 0.259 e. The highest BCUT2D eigenvalue weighted by molar-refractivity contribution is 5.99. The van der Waals surface area contributed by atoms with Crippen LogP contribution in [-0.4, -0.2) is 44.2 Å². The molecule has 1 aliphatic rings. The number of fused-ring (bicyclic) bond motifs is 2. The predicted octanol–water partition coefficient (Wildman–Crippen LogP) is 2.41. The molecule has 0 spiro atoms. The number of aliphatic hydroxyl groups excluding tert-OH is 1. The Bertz CT molecular complexity index is 950. The van der Waals surface area contributed by atoms with E-state index in [2.05, 4.69) is 28.3 Å². The second-order valence-electron chi connectivity index (χ2n) is 6.79. The van der Waals surface area contributed by atoms with Crippen LogP contribution in [0.2, 0.25) is 0 Å². The molecule has 1 amide bonds. The van der Waals surface area contributed by atoms with Crippen LogP contribution in [0, 0.1) is 0 Å². The molecule has 1 atom stereocenters. The second kappa shape index (κ2) is 6.88. The fourth-order valence-corrected chi connectivity index (χ4v) is 3.78. The summed E-state index contributed by atoms with van der Waals surface area (Å²) in [6, 6.07) is 8.45. The summed E-state index contributed by atoms with van der Waals surface area (Å²) >= 11 is 0. The van der Waals surface area contributed by atoms with Crippen LogP contribution < -0.4 is 0 Å². The molecule has 0 aliphatic heterocycles. The first-order chi connectivity index (χ1) is 12.7. The normalized spacial score (nSPS) is 16.5. The lowest BCUT2D eigenvalue weighted by molar-refractivity contribution is 0.0717. The van der Waals surface area contributed by atoms with Gasteiger partial charge in [0.25, 0.3) is 5.91 Å². The van der Waals surface area contributed by atoms with Gasteiger partial charge in [-0.15, -0.1) is 0 Å². The van der Waals surface area contributed by atoms with E-state index in [0.717, 1.165) is 24.8 Å². The molecule has 1 N–H and O–H groups in total. The zero-order chi connectivity index (χ0) is 18.1. The summed E-state index contributed by atoms with van der Waals surface area (Å²) in [5.41, 5.74) is 4.51. The van der Waals surface area contributed by atoms with Crippen LogP contribution in [0.15, 0.2) is 42.9 Å². The Morgan fingerprint density at radius 2 is 2.19 bits per heavy atom. The maximum absolute atomic E-state index is 13.1.